The maximum Gasteiger partial charge on any atom is 0.120 e. The van der Waals surface area contributed by atoms with Crippen LogP contribution in [0.15, 0.2) is 30.4 Å². The van der Waals surface area contributed by atoms with Crippen molar-refractivity contribution in [3.8, 4) is 5.75 Å². The molecule has 16 heavy (non-hydrogen) atoms. The van der Waals surface area contributed by atoms with Gasteiger partial charge in [-0.2, -0.15) is 0 Å². The third-order valence-corrected chi connectivity index (χ3v) is 2.96. The molecular formula is C14H19NO. The maximum atomic E-state index is 5.64. The van der Waals surface area contributed by atoms with Crippen LogP contribution in [0, 0.1) is 0 Å². The Hall–Kier alpha value is -1.28. The molecule has 2 heteroatoms. The predicted molar refractivity (Wildman–Crippen MR) is 66.8 cm³/mol. The van der Waals surface area contributed by atoms with E-state index in [0.717, 1.165) is 25.3 Å². The Morgan fingerprint density at radius 1 is 1.38 bits per heavy atom. The lowest BCUT2D eigenvalue weighted by atomic mass is 10.00. The van der Waals surface area contributed by atoms with Gasteiger partial charge in [0.2, 0.25) is 0 Å². The monoisotopic (exact) mass is 217 g/mol. The van der Waals surface area contributed by atoms with E-state index in [2.05, 4.69) is 30.1 Å². The van der Waals surface area contributed by atoms with E-state index < -0.39 is 0 Å². The minimum absolute atomic E-state index is 0.662. The lowest BCUT2D eigenvalue weighted by molar-refractivity contribution is 0.311. The highest BCUT2D eigenvalue weighted by Crippen LogP contribution is 2.23. The van der Waals surface area contributed by atoms with E-state index in [9.17, 15) is 0 Å². The van der Waals surface area contributed by atoms with Crippen LogP contribution in [0.1, 0.15) is 18.1 Å². The molecule has 0 unspecified atom stereocenters. The van der Waals surface area contributed by atoms with Gasteiger partial charge in [0.15, 0.2) is 0 Å². The van der Waals surface area contributed by atoms with Gasteiger partial charge >= 0.3 is 0 Å². The standard InChI is InChI=1S/C14H19NO/c1-3-4-9-16-14-6-5-13-11-15(2)8-7-12(13)10-14/h3-6,10H,7-9,11H2,1-2H3/b4-3+. The van der Waals surface area contributed by atoms with E-state index in [4.69, 9.17) is 4.74 Å². The fraction of sp³-hybridized carbons (Fsp3) is 0.429. The van der Waals surface area contributed by atoms with Crippen molar-refractivity contribution in [2.75, 3.05) is 20.2 Å². The number of fused-ring (bicyclic) bond motifs is 1. The molecule has 0 atom stereocenters. The van der Waals surface area contributed by atoms with Crippen LogP contribution in [0.2, 0.25) is 0 Å². The molecule has 0 aliphatic carbocycles. The average molecular weight is 217 g/mol. The van der Waals surface area contributed by atoms with Crippen LogP contribution in [-0.2, 0) is 13.0 Å². The highest BCUT2D eigenvalue weighted by atomic mass is 16.5. The molecule has 0 aromatic heterocycles. The molecule has 1 aliphatic rings. The Kier molecular flexibility index (Phi) is 3.62. The summed E-state index contributed by atoms with van der Waals surface area (Å²) in [6, 6.07) is 6.45. The first-order valence-corrected chi connectivity index (χ1v) is 5.84. The van der Waals surface area contributed by atoms with E-state index in [0.29, 0.717) is 6.61 Å². The van der Waals surface area contributed by atoms with Crippen LogP contribution in [-0.4, -0.2) is 25.1 Å². The van der Waals surface area contributed by atoms with Gasteiger partial charge in [0.1, 0.15) is 12.4 Å². The van der Waals surface area contributed by atoms with Gasteiger partial charge in [-0.15, -0.1) is 0 Å². The van der Waals surface area contributed by atoms with Crippen molar-refractivity contribution in [1.29, 1.82) is 0 Å². The van der Waals surface area contributed by atoms with Gasteiger partial charge in [-0.1, -0.05) is 18.2 Å². The minimum Gasteiger partial charge on any atom is -0.490 e. The molecule has 1 aromatic carbocycles. The van der Waals surface area contributed by atoms with Gasteiger partial charge in [-0.25, -0.2) is 0 Å². The second-order valence-electron chi connectivity index (χ2n) is 4.30. The largest absolute Gasteiger partial charge is 0.490 e. The number of allylic oxidation sites excluding steroid dienone is 1. The summed E-state index contributed by atoms with van der Waals surface area (Å²) in [4.78, 5) is 2.35. The highest BCUT2D eigenvalue weighted by Gasteiger charge is 2.13. The summed E-state index contributed by atoms with van der Waals surface area (Å²) >= 11 is 0. The molecule has 86 valence electrons. The second kappa shape index (κ2) is 5.17. The normalized spacial score (nSPS) is 16.4. The first kappa shape index (κ1) is 11.2. The second-order valence-corrected chi connectivity index (χ2v) is 4.30. The summed E-state index contributed by atoms with van der Waals surface area (Å²) in [5, 5.41) is 0. The number of likely N-dealkylation sites (N-methyl/N-ethyl adjacent to an activating group) is 1. The van der Waals surface area contributed by atoms with E-state index in [1.807, 2.05) is 19.1 Å². The molecule has 0 radical (unpaired) electrons. The van der Waals surface area contributed by atoms with E-state index in [1.165, 1.54) is 11.1 Å². The van der Waals surface area contributed by atoms with Gasteiger partial charge in [0.05, 0.1) is 0 Å². The molecule has 1 aliphatic heterocycles. The lowest BCUT2D eigenvalue weighted by Crippen LogP contribution is -2.26. The number of nitrogens with zero attached hydrogens (tertiary/aromatic N) is 1. The molecule has 2 rings (SSSR count). The summed E-state index contributed by atoms with van der Waals surface area (Å²) in [6.07, 6.45) is 5.16. The molecule has 0 spiro atoms. The number of rotatable bonds is 3. The Balaban J connectivity index is 2.07. The van der Waals surface area contributed by atoms with Crippen LogP contribution in [0.25, 0.3) is 0 Å². The maximum absolute atomic E-state index is 5.64. The zero-order valence-electron chi connectivity index (χ0n) is 10.1. The van der Waals surface area contributed by atoms with Gasteiger partial charge in [-0.05, 0) is 43.7 Å². The Bertz CT molecular complexity index is 384. The quantitative estimate of drug-likeness (QED) is 0.722. The fourth-order valence-electron chi connectivity index (χ4n) is 2.00. The van der Waals surface area contributed by atoms with E-state index >= 15 is 0 Å². The molecule has 0 saturated carbocycles. The van der Waals surface area contributed by atoms with Crippen molar-refractivity contribution in [2.24, 2.45) is 0 Å². The third-order valence-electron chi connectivity index (χ3n) is 2.96. The zero-order chi connectivity index (χ0) is 11.4. The minimum atomic E-state index is 0.662. The van der Waals surface area contributed by atoms with Gasteiger partial charge < -0.3 is 9.64 Å². The van der Waals surface area contributed by atoms with Crippen molar-refractivity contribution in [2.45, 2.75) is 19.9 Å². The molecule has 1 heterocycles. The topological polar surface area (TPSA) is 12.5 Å². The Labute approximate surface area is 97.5 Å². The van der Waals surface area contributed by atoms with E-state index in [-0.39, 0.29) is 0 Å². The van der Waals surface area contributed by atoms with Crippen LogP contribution in [0.5, 0.6) is 5.75 Å². The van der Waals surface area contributed by atoms with Gasteiger partial charge in [0, 0.05) is 13.1 Å². The van der Waals surface area contributed by atoms with Crippen LogP contribution in [0.4, 0.5) is 0 Å². The van der Waals surface area contributed by atoms with Crippen molar-refractivity contribution >= 4 is 0 Å². The molecule has 0 N–H and O–H groups in total. The number of hydrogen-bond acceptors (Lipinski definition) is 2. The SMILES string of the molecule is C/C=C/COc1ccc2c(c1)CCN(C)C2. The molecule has 0 saturated heterocycles. The van der Waals surface area contributed by atoms with Crippen LogP contribution < -0.4 is 4.74 Å². The fourth-order valence-corrected chi connectivity index (χ4v) is 2.00. The summed E-state index contributed by atoms with van der Waals surface area (Å²) in [6.45, 7) is 4.87. The van der Waals surface area contributed by atoms with Gasteiger partial charge in [0.25, 0.3) is 0 Å². The molecular weight excluding hydrogens is 198 g/mol. The van der Waals surface area contributed by atoms with Crippen LogP contribution >= 0.6 is 0 Å². The van der Waals surface area contributed by atoms with Crippen molar-refractivity contribution < 1.29 is 4.74 Å². The summed E-state index contributed by atoms with van der Waals surface area (Å²) < 4.78 is 5.64. The van der Waals surface area contributed by atoms with Crippen molar-refractivity contribution in [3.63, 3.8) is 0 Å². The first-order chi connectivity index (χ1) is 7.79. The lowest BCUT2D eigenvalue weighted by Gasteiger charge is -2.25. The van der Waals surface area contributed by atoms with Crippen molar-refractivity contribution in [3.05, 3.63) is 41.5 Å². The molecule has 0 bridgehead atoms. The predicted octanol–water partition coefficient (Wildman–Crippen LogP) is 2.63. The third kappa shape index (κ3) is 2.64. The van der Waals surface area contributed by atoms with E-state index in [1.54, 1.807) is 0 Å². The Morgan fingerprint density at radius 2 is 2.25 bits per heavy atom. The van der Waals surface area contributed by atoms with Crippen molar-refractivity contribution in [1.82, 2.24) is 4.90 Å². The first-order valence-electron chi connectivity index (χ1n) is 5.84. The van der Waals surface area contributed by atoms with Crippen LogP contribution in [0.3, 0.4) is 0 Å². The number of hydrogen-bond donors (Lipinski definition) is 0. The summed E-state index contributed by atoms with van der Waals surface area (Å²) in [5.74, 6) is 0.987. The smallest absolute Gasteiger partial charge is 0.120 e. The summed E-state index contributed by atoms with van der Waals surface area (Å²) in [5.41, 5.74) is 2.88. The molecule has 0 amide bonds. The average Bonchev–Trinajstić information content (AvgIpc) is 2.29. The Morgan fingerprint density at radius 3 is 3.06 bits per heavy atom. The molecule has 0 fully saturated rings. The molecule has 1 aromatic rings. The highest BCUT2D eigenvalue weighted by molar-refractivity contribution is 5.37. The molecule has 2 nitrogen and oxygen atoms in total. The zero-order valence-corrected chi connectivity index (χ0v) is 10.1. The van der Waals surface area contributed by atoms with Gasteiger partial charge in [-0.3, -0.25) is 0 Å². The summed E-state index contributed by atoms with van der Waals surface area (Å²) in [7, 11) is 2.17. The number of benzene rings is 1. The number of ether oxygens (including phenoxy) is 1.